The van der Waals surface area contributed by atoms with Crippen LogP contribution in [0.1, 0.15) is 43.9 Å². The highest BCUT2D eigenvalue weighted by atomic mass is 19.4. The molecule has 0 aliphatic carbocycles. The fraction of sp³-hybridized carbons (Fsp3) is 0.323. The lowest BCUT2D eigenvalue weighted by molar-refractivity contribution is -0.138. The van der Waals surface area contributed by atoms with Gasteiger partial charge in [0.25, 0.3) is 0 Å². The molecule has 7 nitrogen and oxygen atoms in total. The minimum absolute atomic E-state index is 0.0659. The second-order valence-corrected chi connectivity index (χ2v) is 10.1. The van der Waals surface area contributed by atoms with Crippen LogP contribution >= 0.6 is 0 Å². The maximum absolute atomic E-state index is 14.0. The van der Waals surface area contributed by atoms with E-state index in [0.29, 0.717) is 60.8 Å². The van der Waals surface area contributed by atoms with E-state index in [2.05, 4.69) is 26.8 Å². The monoisotopic (exact) mass is 561 g/mol. The van der Waals surface area contributed by atoms with Crippen molar-refractivity contribution >= 4 is 11.4 Å². The summed E-state index contributed by atoms with van der Waals surface area (Å²) in [6.45, 7) is 5.35. The number of Topliss-reactive ketones (excluding diaryl/α,β-unsaturated/α-hetero) is 1. The number of carbonyl (C=O) groups excluding carboxylic acids is 1. The number of aliphatic hydroxyl groups is 1. The number of carbonyl (C=O) groups is 1. The minimum Gasteiger partial charge on any atom is -0.395 e. The molecule has 2 aromatic heterocycles. The number of nitrogens with zero attached hydrogens (tertiary/aromatic N) is 5. The molecule has 0 bridgehead atoms. The van der Waals surface area contributed by atoms with Crippen LogP contribution in [0.4, 0.5) is 13.2 Å². The molecule has 0 spiro atoms. The smallest absolute Gasteiger partial charge is 0.395 e. The lowest BCUT2D eigenvalue weighted by atomic mass is 9.96. The molecule has 0 atom stereocenters. The third kappa shape index (κ3) is 6.82. The summed E-state index contributed by atoms with van der Waals surface area (Å²) < 4.78 is 43.7. The quantitative estimate of drug-likeness (QED) is 0.272. The molecule has 1 saturated heterocycles. The van der Waals surface area contributed by atoms with Gasteiger partial charge >= 0.3 is 6.18 Å². The van der Waals surface area contributed by atoms with E-state index in [1.165, 1.54) is 6.07 Å². The van der Waals surface area contributed by atoms with Crippen molar-refractivity contribution < 1.29 is 23.1 Å². The average Bonchev–Trinajstić information content (AvgIpc) is 3.37. The molecule has 1 fully saturated rings. The molecule has 212 valence electrons. The molecule has 1 aliphatic rings. The Morgan fingerprint density at radius 1 is 1.02 bits per heavy atom. The van der Waals surface area contributed by atoms with Crippen LogP contribution in [0.2, 0.25) is 0 Å². The van der Waals surface area contributed by atoms with E-state index in [-0.39, 0.29) is 30.9 Å². The van der Waals surface area contributed by atoms with Crippen molar-refractivity contribution in [2.45, 2.75) is 26.1 Å². The van der Waals surface area contributed by atoms with Crippen LogP contribution in [-0.2, 0) is 19.1 Å². The van der Waals surface area contributed by atoms with Crippen molar-refractivity contribution in [3.05, 3.63) is 100.0 Å². The predicted octanol–water partition coefficient (Wildman–Crippen LogP) is 3.99. The summed E-state index contributed by atoms with van der Waals surface area (Å²) in [7, 11) is 0. The predicted molar refractivity (Wildman–Crippen MR) is 148 cm³/mol. The number of hydrogen-bond acceptors (Lipinski definition) is 6. The van der Waals surface area contributed by atoms with E-state index in [4.69, 9.17) is 5.11 Å². The number of alkyl halides is 3. The number of rotatable bonds is 7. The van der Waals surface area contributed by atoms with E-state index in [0.717, 1.165) is 11.6 Å². The number of aryl methyl sites for hydroxylation is 1. The number of aliphatic hydroxyl groups excluding tert-OH is 1. The normalized spacial score (nSPS) is 14.7. The lowest BCUT2D eigenvalue weighted by Crippen LogP contribution is -2.46. The van der Waals surface area contributed by atoms with Crippen LogP contribution < -0.4 is 0 Å². The summed E-state index contributed by atoms with van der Waals surface area (Å²) in [6.07, 6.45) is -1.43. The third-order valence-corrected chi connectivity index (χ3v) is 7.28. The van der Waals surface area contributed by atoms with Crippen molar-refractivity contribution in [3.63, 3.8) is 0 Å². The van der Waals surface area contributed by atoms with Gasteiger partial charge in [0.2, 0.25) is 0 Å². The summed E-state index contributed by atoms with van der Waals surface area (Å²) in [5.41, 5.74) is 2.96. The lowest BCUT2D eigenvalue weighted by Gasteiger charge is -2.34. The maximum atomic E-state index is 14.0. The Kier molecular flexibility index (Phi) is 8.49. The van der Waals surface area contributed by atoms with Crippen LogP contribution in [-0.4, -0.2) is 74.6 Å². The Balaban J connectivity index is 1.32. The highest BCUT2D eigenvalue weighted by Crippen LogP contribution is 2.34. The number of hydrogen-bond donors (Lipinski definition) is 1. The molecule has 0 unspecified atom stereocenters. The number of piperazine rings is 1. The molecule has 5 rings (SSSR count). The summed E-state index contributed by atoms with van der Waals surface area (Å²) >= 11 is 0. The second-order valence-electron chi connectivity index (χ2n) is 10.1. The largest absolute Gasteiger partial charge is 0.416 e. The number of halogens is 3. The zero-order chi connectivity index (χ0) is 29.0. The van der Waals surface area contributed by atoms with Crippen molar-refractivity contribution in [2.75, 3.05) is 39.3 Å². The third-order valence-electron chi connectivity index (χ3n) is 7.28. The van der Waals surface area contributed by atoms with Gasteiger partial charge in [-0.1, -0.05) is 30.2 Å². The molecule has 41 heavy (non-hydrogen) atoms. The first kappa shape index (κ1) is 28.5. The zero-order valence-corrected chi connectivity index (χ0v) is 22.7. The van der Waals surface area contributed by atoms with Crippen LogP contribution in [0.5, 0.6) is 0 Å². The van der Waals surface area contributed by atoms with Crippen molar-refractivity contribution in [1.29, 1.82) is 0 Å². The van der Waals surface area contributed by atoms with Gasteiger partial charge in [0.15, 0.2) is 11.4 Å². The Hall–Kier alpha value is -4.04. The van der Waals surface area contributed by atoms with Gasteiger partial charge < -0.3 is 5.11 Å². The first-order valence-corrected chi connectivity index (χ1v) is 13.4. The van der Waals surface area contributed by atoms with Crippen molar-refractivity contribution in [2.24, 2.45) is 0 Å². The fourth-order valence-corrected chi connectivity index (χ4v) is 4.95. The zero-order valence-electron chi connectivity index (χ0n) is 22.7. The summed E-state index contributed by atoms with van der Waals surface area (Å²) in [4.78, 5) is 21.5. The van der Waals surface area contributed by atoms with Gasteiger partial charge in [0, 0.05) is 63.0 Å². The Morgan fingerprint density at radius 2 is 1.80 bits per heavy atom. The van der Waals surface area contributed by atoms with Crippen molar-refractivity contribution in [3.8, 4) is 11.8 Å². The van der Waals surface area contributed by atoms with E-state index in [1.54, 1.807) is 47.2 Å². The number of benzene rings is 2. The van der Waals surface area contributed by atoms with E-state index >= 15 is 0 Å². The van der Waals surface area contributed by atoms with Crippen LogP contribution in [0.3, 0.4) is 0 Å². The summed E-state index contributed by atoms with van der Waals surface area (Å²) in [5.74, 6) is 5.84. The molecule has 0 amide bonds. The van der Waals surface area contributed by atoms with Crippen LogP contribution in [0.25, 0.3) is 5.65 Å². The molecular formula is C31H30F3N5O2. The molecule has 0 saturated carbocycles. The highest BCUT2D eigenvalue weighted by Gasteiger charge is 2.34. The minimum atomic E-state index is -4.54. The number of aromatic nitrogens is 3. The molecule has 4 aromatic rings. The van der Waals surface area contributed by atoms with Gasteiger partial charge in [-0.15, -0.1) is 0 Å². The maximum Gasteiger partial charge on any atom is 0.416 e. The van der Waals surface area contributed by atoms with E-state index in [1.807, 2.05) is 17.9 Å². The van der Waals surface area contributed by atoms with Gasteiger partial charge in [-0.3, -0.25) is 14.6 Å². The Morgan fingerprint density at radius 3 is 2.56 bits per heavy atom. The summed E-state index contributed by atoms with van der Waals surface area (Å²) in [5, 5.41) is 13.4. The van der Waals surface area contributed by atoms with Gasteiger partial charge in [-0.05, 0) is 53.8 Å². The van der Waals surface area contributed by atoms with E-state index in [9.17, 15) is 18.0 Å². The first-order chi connectivity index (χ1) is 19.7. The fourth-order valence-electron chi connectivity index (χ4n) is 4.95. The standard InChI is InChI=1S/C31H30F3N5O2/c1-22-4-6-25(19-24(22)8-9-27-20-35-30-3-2-10-36-39(27)30)29(41)18-23-5-7-26(28(17-23)31(32,33)34)21-38-13-11-37(12-14-38)15-16-40/h2-7,10,17,19-20,40H,11-16,18,21H2,1H3. The Labute approximate surface area is 236 Å². The first-order valence-electron chi connectivity index (χ1n) is 13.4. The van der Waals surface area contributed by atoms with Crippen LogP contribution in [0, 0.1) is 18.8 Å². The SMILES string of the molecule is Cc1ccc(C(=O)Cc2ccc(CN3CCN(CCO)CC3)c(C(F)(F)F)c2)cc1C#Cc1cnc2cccnn12. The molecule has 1 N–H and O–H groups in total. The second kappa shape index (κ2) is 12.2. The number of ketones is 1. The van der Waals surface area contributed by atoms with Gasteiger partial charge in [-0.2, -0.15) is 18.3 Å². The molecular weight excluding hydrogens is 531 g/mol. The molecule has 2 aromatic carbocycles. The van der Waals surface area contributed by atoms with Gasteiger partial charge in [0.05, 0.1) is 18.4 Å². The number of imidazole rings is 1. The molecule has 1 aliphatic heterocycles. The molecule has 10 heteroatoms. The van der Waals surface area contributed by atoms with E-state index < -0.39 is 11.7 Å². The topological polar surface area (TPSA) is 74.0 Å². The number of fused-ring (bicyclic) bond motifs is 1. The van der Waals surface area contributed by atoms with Crippen LogP contribution in [0.15, 0.2) is 60.9 Å². The summed E-state index contributed by atoms with van der Waals surface area (Å²) in [6, 6.07) is 12.9. The average molecular weight is 562 g/mol. The van der Waals surface area contributed by atoms with Gasteiger partial charge in [-0.25, -0.2) is 9.50 Å². The number of β-amino-alcohol motifs (C(OH)–C–C–N with tert-alkyl or cyclic N) is 1. The Bertz CT molecular complexity index is 1610. The highest BCUT2D eigenvalue weighted by molar-refractivity contribution is 5.98. The molecule has 3 heterocycles. The van der Waals surface area contributed by atoms with Gasteiger partial charge in [0.1, 0.15) is 5.69 Å². The molecule has 0 radical (unpaired) electrons. The van der Waals surface area contributed by atoms with Crippen molar-refractivity contribution in [1.82, 2.24) is 24.4 Å².